The highest BCUT2D eigenvalue weighted by Gasteiger charge is 2.44. The van der Waals surface area contributed by atoms with E-state index in [9.17, 15) is 5.26 Å². The van der Waals surface area contributed by atoms with Crippen LogP contribution in [-0.2, 0) is 0 Å². The second-order valence-corrected chi connectivity index (χ2v) is 5.25. The van der Waals surface area contributed by atoms with Crippen molar-refractivity contribution in [2.45, 2.75) is 25.3 Å². The lowest BCUT2D eigenvalue weighted by Gasteiger charge is -2.42. The molecule has 1 atom stereocenters. The van der Waals surface area contributed by atoms with Crippen LogP contribution in [0, 0.1) is 16.7 Å². The zero-order valence-corrected chi connectivity index (χ0v) is 11.1. The lowest BCUT2D eigenvalue weighted by molar-refractivity contribution is 0.147. The number of rotatable bonds is 3. The van der Waals surface area contributed by atoms with E-state index in [2.05, 4.69) is 11.4 Å². The molecule has 1 fully saturated rings. The van der Waals surface area contributed by atoms with E-state index in [0.717, 1.165) is 36.3 Å². The summed E-state index contributed by atoms with van der Waals surface area (Å²) in [6.45, 7) is 1.19. The highest BCUT2D eigenvalue weighted by molar-refractivity contribution is 5.45. The van der Waals surface area contributed by atoms with Gasteiger partial charge in [-0.05, 0) is 37.6 Å². The first-order chi connectivity index (χ1) is 9.29. The molecule has 0 saturated heterocycles. The van der Waals surface area contributed by atoms with Crippen molar-refractivity contribution in [1.29, 1.82) is 5.26 Å². The van der Waals surface area contributed by atoms with Gasteiger partial charge in [0.15, 0.2) is 11.5 Å². The van der Waals surface area contributed by atoms with E-state index in [0.29, 0.717) is 13.2 Å². The van der Waals surface area contributed by atoms with Gasteiger partial charge in [-0.25, -0.2) is 0 Å². The largest absolute Gasteiger partial charge is 0.486 e. The molecule has 1 heterocycles. The molecule has 2 aliphatic rings. The summed E-state index contributed by atoms with van der Waals surface area (Å²) in [4.78, 5) is 0. The topological polar surface area (TPSA) is 54.3 Å². The molecule has 0 radical (unpaired) electrons. The monoisotopic (exact) mass is 258 g/mol. The Labute approximate surface area is 113 Å². The lowest BCUT2D eigenvalue weighted by Crippen LogP contribution is -2.40. The third-order valence-electron chi connectivity index (χ3n) is 4.21. The van der Waals surface area contributed by atoms with Crippen molar-refractivity contribution >= 4 is 0 Å². The van der Waals surface area contributed by atoms with Gasteiger partial charge in [0.05, 0.1) is 17.5 Å². The van der Waals surface area contributed by atoms with Crippen LogP contribution in [0.15, 0.2) is 18.2 Å². The van der Waals surface area contributed by atoms with Crippen molar-refractivity contribution in [2.75, 3.05) is 20.3 Å². The summed E-state index contributed by atoms with van der Waals surface area (Å²) in [5.41, 5.74) is 0.839. The maximum atomic E-state index is 9.49. The molecule has 0 spiro atoms. The number of benzene rings is 1. The first-order valence-corrected chi connectivity index (χ1v) is 6.77. The zero-order chi connectivity index (χ0) is 13.3. The van der Waals surface area contributed by atoms with Gasteiger partial charge in [-0.2, -0.15) is 5.26 Å². The first-order valence-electron chi connectivity index (χ1n) is 6.77. The summed E-state index contributed by atoms with van der Waals surface area (Å²) in [5, 5.41) is 12.8. The van der Waals surface area contributed by atoms with E-state index in [1.54, 1.807) is 0 Å². The number of hydrogen-bond donors (Lipinski definition) is 1. The fourth-order valence-corrected chi connectivity index (χ4v) is 3.02. The molecule has 0 bridgehead atoms. The first kappa shape index (κ1) is 12.3. The van der Waals surface area contributed by atoms with Gasteiger partial charge in [-0.1, -0.05) is 12.5 Å². The van der Waals surface area contributed by atoms with Crippen molar-refractivity contribution in [3.8, 4) is 17.6 Å². The minimum absolute atomic E-state index is 0.0575. The van der Waals surface area contributed by atoms with Crippen LogP contribution in [0.2, 0.25) is 0 Å². The highest BCUT2D eigenvalue weighted by atomic mass is 16.6. The van der Waals surface area contributed by atoms with Crippen molar-refractivity contribution in [1.82, 2.24) is 5.32 Å². The van der Waals surface area contributed by atoms with Crippen molar-refractivity contribution in [2.24, 2.45) is 5.41 Å². The number of hydrogen-bond acceptors (Lipinski definition) is 4. The van der Waals surface area contributed by atoms with E-state index >= 15 is 0 Å². The van der Waals surface area contributed by atoms with Crippen LogP contribution in [0.3, 0.4) is 0 Å². The van der Waals surface area contributed by atoms with Crippen molar-refractivity contribution in [3.63, 3.8) is 0 Å². The summed E-state index contributed by atoms with van der Waals surface area (Å²) in [5.74, 6) is 1.58. The molecule has 19 heavy (non-hydrogen) atoms. The molecule has 0 aromatic heterocycles. The van der Waals surface area contributed by atoms with Gasteiger partial charge in [0.25, 0.3) is 0 Å². The zero-order valence-electron chi connectivity index (χ0n) is 11.1. The Balaban J connectivity index is 1.94. The van der Waals surface area contributed by atoms with Gasteiger partial charge >= 0.3 is 0 Å². The van der Waals surface area contributed by atoms with E-state index in [4.69, 9.17) is 9.47 Å². The summed E-state index contributed by atoms with van der Waals surface area (Å²) in [6, 6.07) is 8.55. The fourth-order valence-electron chi connectivity index (χ4n) is 3.02. The van der Waals surface area contributed by atoms with Gasteiger partial charge in [0.2, 0.25) is 0 Å². The van der Waals surface area contributed by atoms with E-state index < -0.39 is 0 Å². The summed E-state index contributed by atoms with van der Waals surface area (Å²) in [6.07, 6.45) is 3.06. The highest BCUT2D eigenvalue weighted by Crippen LogP contribution is 2.50. The Morgan fingerprint density at radius 2 is 2.00 bits per heavy atom. The Morgan fingerprint density at radius 1 is 1.26 bits per heavy atom. The smallest absolute Gasteiger partial charge is 0.161 e. The van der Waals surface area contributed by atoms with E-state index in [-0.39, 0.29) is 11.5 Å². The molecular formula is C15H18N2O2. The Hall–Kier alpha value is -1.73. The predicted molar refractivity (Wildman–Crippen MR) is 71.1 cm³/mol. The van der Waals surface area contributed by atoms with Gasteiger partial charge in [-0.15, -0.1) is 0 Å². The van der Waals surface area contributed by atoms with Crippen LogP contribution in [0.1, 0.15) is 30.9 Å². The molecule has 1 aromatic carbocycles. The second kappa shape index (κ2) is 4.75. The van der Waals surface area contributed by atoms with Gasteiger partial charge in [0.1, 0.15) is 13.2 Å². The number of nitrogens with zero attached hydrogens (tertiary/aromatic N) is 1. The molecule has 100 valence electrons. The van der Waals surface area contributed by atoms with Crippen molar-refractivity contribution in [3.05, 3.63) is 23.8 Å². The SMILES string of the molecule is CNC(c1ccc2c(c1)OCCO2)C1(C#N)CCC1. The second-order valence-electron chi connectivity index (χ2n) is 5.25. The van der Waals surface area contributed by atoms with Crippen molar-refractivity contribution < 1.29 is 9.47 Å². The van der Waals surface area contributed by atoms with Crippen LogP contribution in [-0.4, -0.2) is 20.3 Å². The summed E-state index contributed by atoms with van der Waals surface area (Å²) >= 11 is 0. The molecule has 1 aliphatic heterocycles. The molecule has 1 saturated carbocycles. The maximum absolute atomic E-state index is 9.49. The van der Waals surface area contributed by atoms with Gasteiger partial charge in [-0.3, -0.25) is 0 Å². The Morgan fingerprint density at radius 3 is 2.58 bits per heavy atom. The van der Waals surface area contributed by atoms with Crippen LogP contribution >= 0.6 is 0 Å². The normalized spacial score (nSPS) is 21.1. The minimum atomic E-state index is -0.265. The number of fused-ring (bicyclic) bond motifs is 1. The average molecular weight is 258 g/mol. The van der Waals surface area contributed by atoms with E-state index in [1.807, 2.05) is 25.2 Å². The lowest BCUT2D eigenvalue weighted by atomic mass is 9.63. The third kappa shape index (κ3) is 1.95. The van der Waals surface area contributed by atoms with Crippen LogP contribution < -0.4 is 14.8 Å². The molecule has 0 amide bonds. The molecule has 1 aliphatic carbocycles. The molecule has 4 nitrogen and oxygen atoms in total. The maximum Gasteiger partial charge on any atom is 0.161 e. The number of nitrogens with one attached hydrogen (secondary N) is 1. The standard InChI is InChI=1S/C15H18N2O2/c1-17-14(15(10-16)5-2-6-15)11-3-4-12-13(9-11)19-8-7-18-12/h3-4,9,14,17H,2,5-8H2,1H3. The quantitative estimate of drug-likeness (QED) is 0.904. The predicted octanol–water partition coefficient (Wildman–Crippen LogP) is 2.41. The van der Waals surface area contributed by atoms with Gasteiger partial charge < -0.3 is 14.8 Å². The molecular weight excluding hydrogens is 240 g/mol. The van der Waals surface area contributed by atoms with Crippen LogP contribution in [0.25, 0.3) is 0 Å². The van der Waals surface area contributed by atoms with E-state index in [1.165, 1.54) is 0 Å². The minimum Gasteiger partial charge on any atom is -0.486 e. The Kier molecular flexibility index (Phi) is 3.08. The average Bonchev–Trinajstić information content (AvgIpc) is 2.42. The Bertz CT molecular complexity index is 517. The molecule has 1 aromatic rings. The van der Waals surface area contributed by atoms with Crippen LogP contribution in [0.4, 0.5) is 0 Å². The fraction of sp³-hybridized carbons (Fsp3) is 0.533. The molecule has 1 unspecified atom stereocenters. The number of nitriles is 1. The van der Waals surface area contributed by atoms with Crippen LogP contribution in [0.5, 0.6) is 11.5 Å². The van der Waals surface area contributed by atoms with Gasteiger partial charge in [0, 0.05) is 0 Å². The molecule has 1 N–H and O–H groups in total. The third-order valence-corrected chi connectivity index (χ3v) is 4.21. The molecule has 4 heteroatoms. The number of ether oxygens (including phenoxy) is 2. The molecule has 3 rings (SSSR count). The summed E-state index contributed by atoms with van der Waals surface area (Å²) < 4.78 is 11.2. The summed E-state index contributed by atoms with van der Waals surface area (Å²) in [7, 11) is 1.92.